The standard InChI is InChI=1S/C13H21NO2.C7H16O/c1-5-10-6-11(9-14-8-10)7-12(15)16-13(2,3)4;1-6(2,3)7(4,5)8/h6,8,11H,5,7,9H2,1-4H3;8H,1-5H3. The molecule has 0 saturated heterocycles. The molecule has 0 amide bonds. The third kappa shape index (κ3) is 9.86. The molecule has 0 bridgehead atoms. The van der Waals surface area contributed by atoms with Gasteiger partial charge in [-0.2, -0.15) is 0 Å². The van der Waals surface area contributed by atoms with E-state index in [2.05, 4.69) is 18.0 Å². The third-order valence-electron chi connectivity index (χ3n) is 4.14. The van der Waals surface area contributed by atoms with Crippen LogP contribution in [-0.4, -0.2) is 35.0 Å². The van der Waals surface area contributed by atoms with Crippen molar-refractivity contribution in [2.45, 2.75) is 86.4 Å². The Morgan fingerprint density at radius 1 is 1.21 bits per heavy atom. The van der Waals surface area contributed by atoms with Gasteiger partial charge >= 0.3 is 5.97 Å². The molecule has 0 radical (unpaired) electrons. The predicted octanol–water partition coefficient (Wildman–Crippen LogP) is 4.56. The quantitative estimate of drug-likeness (QED) is 0.767. The highest BCUT2D eigenvalue weighted by Gasteiger charge is 2.29. The summed E-state index contributed by atoms with van der Waals surface area (Å²) in [6, 6.07) is 0. The van der Waals surface area contributed by atoms with Crippen molar-refractivity contribution in [1.82, 2.24) is 0 Å². The number of aliphatic hydroxyl groups is 1. The number of carbonyl (C=O) groups excluding carboxylic acids is 1. The Kier molecular flexibility index (Phi) is 8.37. The van der Waals surface area contributed by atoms with Gasteiger partial charge in [-0.25, -0.2) is 0 Å². The summed E-state index contributed by atoms with van der Waals surface area (Å²) in [5, 5.41) is 9.35. The molecule has 0 aromatic carbocycles. The number of dihydropyridines is 1. The summed E-state index contributed by atoms with van der Waals surface area (Å²) in [6.45, 7) is 18.2. The fraction of sp³-hybridized carbons (Fsp3) is 0.800. The van der Waals surface area contributed by atoms with E-state index in [1.165, 1.54) is 5.57 Å². The first-order valence-corrected chi connectivity index (χ1v) is 8.80. The zero-order valence-electron chi connectivity index (χ0n) is 17.1. The lowest BCUT2D eigenvalue weighted by molar-refractivity contribution is -0.155. The van der Waals surface area contributed by atoms with Crippen LogP contribution in [0.2, 0.25) is 0 Å². The molecule has 1 rings (SSSR count). The van der Waals surface area contributed by atoms with E-state index in [4.69, 9.17) is 4.74 Å². The fourth-order valence-electron chi connectivity index (χ4n) is 1.63. The molecule has 0 spiro atoms. The van der Waals surface area contributed by atoms with E-state index in [0.29, 0.717) is 13.0 Å². The zero-order chi connectivity index (χ0) is 19.2. The van der Waals surface area contributed by atoms with Gasteiger partial charge < -0.3 is 9.84 Å². The summed E-state index contributed by atoms with van der Waals surface area (Å²) in [6.07, 6.45) is 5.43. The highest BCUT2D eigenvalue weighted by Crippen LogP contribution is 2.28. The van der Waals surface area contributed by atoms with Gasteiger partial charge in [-0.1, -0.05) is 33.8 Å². The van der Waals surface area contributed by atoms with Crippen LogP contribution < -0.4 is 0 Å². The van der Waals surface area contributed by atoms with Crippen LogP contribution in [0.4, 0.5) is 0 Å². The smallest absolute Gasteiger partial charge is 0.306 e. The highest BCUT2D eigenvalue weighted by atomic mass is 16.6. The van der Waals surface area contributed by atoms with Crippen molar-refractivity contribution in [2.75, 3.05) is 6.54 Å². The fourth-order valence-corrected chi connectivity index (χ4v) is 1.63. The van der Waals surface area contributed by atoms with Crippen molar-refractivity contribution in [3.05, 3.63) is 11.6 Å². The summed E-state index contributed by atoms with van der Waals surface area (Å²) >= 11 is 0. The summed E-state index contributed by atoms with van der Waals surface area (Å²) in [7, 11) is 0. The van der Waals surface area contributed by atoms with E-state index in [9.17, 15) is 9.90 Å². The van der Waals surface area contributed by atoms with E-state index < -0.39 is 11.2 Å². The van der Waals surface area contributed by atoms with Gasteiger partial charge in [0, 0.05) is 18.7 Å². The van der Waals surface area contributed by atoms with Crippen LogP contribution in [-0.2, 0) is 9.53 Å². The lowest BCUT2D eigenvalue weighted by atomic mass is 9.79. The van der Waals surface area contributed by atoms with Gasteiger partial charge in [0.1, 0.15) is 5.60 Å². The molecule has 1 aliphatic rings. The molecule has 0 aliphatic carbocycles. The molecule has 0 aromatic rings. The molecule has 0 aromatic heterocycles. The maximum Gasteiger partial charge on any atom is 0.306 e. The lowest BCUT2D eigenvalue weighted by Gasteiger charge is -2.33. The minimum Gasteiger partial charge on any atom is -0.460 e. The maximum atomic E-state index is 11.6. The van der Waals surface area contributed by atoms with Crippen LogP contribution in [0, 0.1) is 11.3 Å². The summed E-state index contributed by atoms with van der Waals surface area (Å²) in [4.78, 5) is 15.9. The van der Waals surface area contributed by atoms with Crippen molar-refractivity contribution < 1.29 is 14.6 Å². The SMILES string of the molecule is CC(C)(C)C(C)(C)O.CCC1=CC(CC(=O)OC(C)(C)C)CN=C1. The predicted molar refractivity (Wildman–Crippen MR) is 101 cm³/mol. The lowest BCUT2D eigenvalue weighted by Crippen LogP contribution is -2.35. The molecule has 140 valence electrons. The highest BCUT2D eigenvalue weighted by molar-refractivity contribution is 5.80. The van der Waals surface area contributed by atoms with Gasteiger partial charge in [-0.05, 0) is 52.0 Å². The first-order valence-electron chi connectivity index (χ1n) is 8.80. The van der Waals surface area contributed by atoms with Crippen molar-refractivity contribution >= 4 is 12.2 Å². The molecular weight excluding hydrogens is 302 g/mol. The Bertz CT molecular complexity index is 445. The molecule has 0 fully saturated rings. The summed E-state index contributed by atoms with van der Waals surface area (Å²) in [5.74, 6) is 0.0658. The third-order valence-corrected chi connectivity index (χ3v) is 4.14. The van der Waals surface area contributed by atoms with E-state index in [1.807, 2.05) is 61.6 Å². The van der Waals surface area contributed by atoms with Crippen molar-refractivity contribution in [1.29, 1.82) is 0 Å². The van der Waals surface area contributed by atoms with Gasteiger partial charge in [0.25, 0.3) is 0 Å². The molecule has 1 atom stereocenters. The molecular formula is C20H37NO3. The van der Waals surface area contributed by atoms with E-state index in [0.717, 1.165) is 6.42 Å². The Labute approximate surface area is 148 Å². The average molecular weight is 340 g/mol. The second kappa shape index (κ2) is 8.80. The van der Waals surface area contributed by atoms with Crippen molar-refractivity contribution in [3.8, 4) is 0 Å². The van der Waals surface area contributed by atoms with Crippen molar-refractivity contribution in [2.24, 2.45) is 16.3 Å². The van der Waals surface area contributed by atoms with Crippen LogP contribution in [0.25, 0.3) is 0 Å². The molecule has 1 aliphatic heterocycles. The Hall–Kier alpha value is -1.16. The number of nitrogens with zero attached hydrogens (tertiary/aromatic N) is 1. The van der Waals surface area contributed by atoms with Crippen LogP contribution in [0.15, 0.2) is 16.6 Å². The summed E-state index contributed by atoms with van der Waals surface area (Å²) in [5.41, 5.74) is 0.242. The monoisotopic (exact) mass is 339 g/mol. The zero-order valence-corrected chi connectivity index (χ0v) is 17.1. The van der Waals surface area contributed by atoms with Gasteiger partial charge in [0.2, 0.25) is 0 Å². The molecule has 0 saturated carbocycles. The second-order valence-corrected chi connectivity index (χ2v) is 8.95. The number of carbonyl (C=O) groups is 1. The van der Waals surface area contributed by atoms with E-state index in [-0.39, 0.29) is 17.3 Å². The first-order chi connectivity index (χ1) is 10.7. The normalized spacial score (nSPS) is 18.4. The number of rotatable bonds is 3. The largest absolute Gasteiger partial charge is 0.460 e. The van der Waals surface area contributed by atoms with E-state index in [1.54, 1.807) is 0 Å². The Morgan fingerprint density at radius 3 is 2.08 bits per heavy atom. The van der Waals surface area contributed by atoms with E-state index >= 15 is 0 Å². The molecule has 1 unspecified atom stereocenters. The number of esters is 1. The minimum atomic E-state index is -0.562. The number of allylic oxidation sites excluding steroid dienone is 1. The second-order valence-electron chi connectivity index (χ2n) is 8.95. The van der Waals surface area contributed by atoms with Crippen LogP contribution in [0.5, 0.6) is 0 Å². The number of ether oxygens (including phenoxy) is 1. The molecule has 4 nitrogen and oxygen atoms in total. The molecule has 24 heavy (non-hydrogen) atoms. The van der Waals surface area contributed by atoms with Gasteiger partial charge in [0.05, 0.1) is 12.0 Å². The number of hydrogen-bond acceptors (Lipinski definition) is 4. The molecule has 1 N–H and O–H groups in total. The maximum absolute atomic E-state index is 11.6. The first kappa shape index (κ1) is 22.8. The molecule has 4 heteroatoms. The number of hydrogen-bond donors (Lipinski definition) is 1. The topological polar surface area (TPSA) is 58.9 Å². The van der Waals surface area contributed by atoms with Gasteiger partial charge in [-0.15, -0.1) is 0 Å². The average Bonchev–Trinajstić information content (AvgIpc) is 2.34. The van der Waals surface area contributed by atoms with Crippen LogP contribution >= 0.6 is 0 Å². The van der Waals surface area contributed by atoms with Crippen LogP contribution in [0.1, 0.15) is 75.2 Å². The van der Waals surface area contributed by atoms with Crippen molar-refractivity contribution in [3.63, 3.8) is 0 Å². The van der Waals surface area contributed by atoms with Gasteiger partial charge in [-0.3, -0.25) is 9.79 Å². The van der Waals surface area contributed by atoms with Crippen LogP contribution in [0.3, 0.4) is 0 Å². The minimum absolute atomic E-state index is 0.00694. The van der Waals surface area contributed by atoms with Gasteiger partial charge in [0.15, 0.2) is 0 Å². The molecule has 1 heterocycles. The Balaban J connectivity index is 0.000000561. The number of aliphatic imine (C=N–C) groups is 1. The summed E-state index contributed by atoms with van der Waals surface area (Å²) < 4.78 is 5.29. The Morgan fingerprint density at radius 2 is 1.71 bits per heavy atom.